The molecule has 1 saturated heterocycles. The number of likely N-dealkylation sites (tertiary alicyclic amines) is 1. The van der Waals surface area contributed by atoms with Crippen LogP contribution < -0.4 is 0 Å². The van der Waals surface area contributed by atoms with Crippen molar-refractivity contribution in [3.05, 3.63) is 83.9 Å². The largest absolute Gasteiger partial charge is 0.375 e. The molecule has 2 aliphatic rings. The van der Waals surface area contributed by atoms with Crippen molar-refractivity contribution in [2.75, 3.05) is 6.61 Å². The fourth-order valence-corrected chi connectivity index (χ4v) is 4.24. The molecule has 4 atom stereocenters. The molecule has 2 nitrogen and oxygen atoms in total. The summed E-state index contributed by atoms with van der Waals surface area (Å²) in [5.41, 5.74) is 2.64. The van der Waals surface area contributed by atoms with Crippen molar-refractivity contribution >= 4 is 0 Å². The first kappa shape index (κ1) is 15.6. The lowest BCUT2D eigenvalue weighted by Crippen LogP contribution is -2.43. The summed E-state index contributed by atoms with van der Waals surface area (Å²) >= 11 is 0. The molecule has 2 heteroatoms. The van der Waals surface area contributed by atoms with E-state index in [1.807, 2.05) is 6.07 Å². The van der Waals surface area contributed by atoms with Gasteiger partial charge in [0, 0.05) is 18.1 Å². The maximum atomic E-state index is 6.10. The smallest absolute Gasteiger partial charge is 0.0717 e. The number of hydrogen-bond acceptors (Lipinski definition) is 2. The van der Waals surface area contributed by atoms with E-state index in [2.05, 4.69) is 78.6 Å². The maximum absolute atomic E-state index is 6.10. The van der Waals surface area contributed by atoms with E-state index in [1.165, 1.54) is 17.5 Å². The van der Waals surface area contributed by atoms with E-state index in [0.29, 0.717) is 30.7 Å². The van der Waals surface area contributed by atoms with Gasteiger partial charge in [0.25, 0.3) is 0 Å². The van der Waals surface area contributed by atoms with Gasteiger partial charge in [0.1, 0.15) is 0 Å². The fraction of sp³-hybridized carbons (Fsp3) is 0.364. The van der Waals surface area contributed by atoms with Gasteiger partial charge >= 0.3 is 0 Å². The Balaban J connectivity index is 1.44. The zero-order chi connectivity index (χ0) is 16.4. The molecule has 2 aromatic rings. The van der Waals surface area contributed by atoms with Gasteiger partial charge in [0.05, 0.1) is 13.2 Å². The van der Waals surface area contributed by atoms with Crippen LogP contribution in [0.3, 0.4) is 0 Å². The summed E-state index contributed by atoms with van der Waals surface area (Å²) in [6.07, 6.45) is 6.03. The van der Waals surface area contributed by atoms with Crippen molar-refractivity contribution in [3.63, 3.8) is 0 Å². The van der Waals surface area contributed by atoms with Crippen LogP contribution in [0.2, 0.25) is 0 Å². The molecule has 2 aromatic carbocycles. The van der Waals surface area contributed by atoms with Crippen molar-refractivity contribution in [1.82, 2.24) is 4.90 Å². The topological polar surface area (TPSA) is 12.5 Å². The van der Waals surface area contributed by atoms with E-state index < -0.39 is 0 Å². The fourth-order valence-electron chi connectivity index (χ4n) is 4.24. The maximum Gasteiger partial charge on any atom is 0.0717 e. The van der Waals surface area contributed by atoms with Gasteiger partial charge in [-0.1, -0.05) is 72.8 Å². The monoisotopic (exact) mass is 319 g/mol. The Hall–Kier alpha value is -1.90. The molecule has 1 fully saturated rings. The highest BCUT2D eigenvalue weighted by Gasteiger charge is 2.44. The average Bonchev–Trinajstić information content (AvgIpc) is 3.24. The highest BCUT2D eigenvalue weighted by Crippen LogP contribution is 2.42. The van der Waals surface area contributed by atoms with Gasteiger partial charge in [-0.2, -0.15) is 0 Å². The lowest BCUT2D eigenvalue weighted by Gasteiger charge is -2.37. The zero-order valence-corrected chi connectivity index (χ0v) is 14.2. The predicted molar refractivity (Wildman–Crippen MR) is 97.6 cm³/mol. The molecular formula is C22H25NO. The van der Waals surface area contributed by atoms with Crippen molar-refractivity contribution in [2.24, 2.45) is 5.92 Å². The highest BCUT2D eigenvalue weighted by molar-refractivity contribution is 5.24. The summed E-state index contributed by atoms with van der Waals surface area (Å²) in [7, 11) is 0. The first-order valence-corrected chi connectivity index (χ1v) is 8.95. The van der Waals surface area contributed by atoms with Crippen LogP contribution in [0, 0.1) is 5.92 Å². The van der Waals surface area contributed by atoms with E-state index in [-0.39, 0.29) is 0 Å². The summed E-state index contributed by atoms with van der Waals surface area (Å²) in [5.74, 6) is 0.636. The summed E-state index contributed by atoms with van der Waals surface area (Å²) in [5, 5.41) is 0. The quantitative estimate of drug-likeness (QED) is 0.722. The summed E-state index contributed by atoms with van der Waals surface area (Å²) in [4.78, 5) is 2.66. The standard InChI is InChI=1S/C22H25NO/c1-17(19-10-6-3-7-11-19)23-21-13-12-20(14-21)22(23)16-24-15-18-8-4-2-5-9-18/h2-13,17,20-22H,14-16H2,1H3/t17-,20+,21-,22-/m1/s1. The van der Waals surface area contributed by atoms with Crippen LogP contribution in [0.5, 0.6) is 0 Å². The second-order valence-electron chi connectivity index (χ2n) is 6.95. The molecule has 24 heavy (non-hydrogen) atoms. The second-order valence-corrected chi connectivity index (χ2v) is 6.95. The van der Waals surface area contributed by atoms with Crippen LogP contribution in [0.25, 0.3) is 0 Å². The van der Waals surface area contributed by atoms with Gasteiger partial charge in [-0.05, 0) is 30.4 Å². The van der Waals surface area contributed by atoms with Gasteiger partial charge in [0.2, 0.25) is 0 Å². The van der Waals surface area contributed by atoms with E-state index >= 15 is 0 Å². The molecule has 4 rings (SSSR count). The highest BCUT2D eigenvalue weighted by atomic mass is 16.5. The van der Waals surface area contributed by atoms with Crippen LogP contribution in [0.4, 0.5) is 0 Å². The number of hydrogen-bond donors (Lipinski definition) is 0. The lowest BCUT2D eigenvalue weighted by molar-refractivity contribution is 0.0339. The number of nitrogens with zero attached hydrogens (tertiary/aromatic N) is 1. The third kappa shape index (κ3) is 3.04. The second kappa shape index (κ2) is 6.92. The Morgan fingerprint density at radius 1 is 1.00 bits per heavy atom. The minimum Gasteiger partial charge on any atom is -0.375 e. The van der Waals surface area contributed by atoms with Crippen LogP contribution in [0.15, 0.2) is 72.8 Å². The van der Waals surface area contributed by atoms with Gasteiger partial charge < -0.3 is 4.74 Å². The minimum absolute atomic E-state index is 0.427. The van der Waals surface area contributed by atoms with E-state index in [0.717, 1.165) is 6.61 Å². The Morgan fingerprint density at radius 2 is 1.71 bits per heavy atom. The number of fused-ring (bicyclic) bond motifs is 2. The first-order chi connectivity index (χ1) is 11.8. The summed E-state index contributed by atoms with van der Waals surface area (Å²) < 4.78 is 6.10. The van der Waals surface area contributed by atoms with E-state index in [1.54, 1.807) is 0 Å². The van der Waals surface area contributed by atoms with Gasteiger partial charge in [-0.15, -0.1) is 0 Å². The third-order valence-electron chi connectivity index (χ3n) is 5.48. The van der Waals surface area contributed by atoms with E-state index in [9.17, 15) is 0 Å². The molecule has 0 amide bonds. The number of ether oxygens (including phenoxy) is 1. The number of rotatable bonds is 6. The van der Waals surface area contributed by atoms with Gasteiger partial charge in [-0.25, -0.2) is 0 Å². The Kier molecular flexibility index (Phi) is 4.50. The molecule has 1 aliphatic carbocycles. The normalized spacial score (nSPS) is 26.8. The van der Waals surface area contributed by atoms with Crippen LogP contribution in [-0.4, -0.2) is 23.6 Å². The van der Waals surface area contributed by atoms with Crippen molar-refractivity contribution in [3.8, 4) is 0 Å². The molecule has 0 radical (unpaired) electrons. The molecule has 0 saturated carbocycles. The van der Waals surface area contributed by atoms with Crippen molar-refractivity contribution < 1.29 is 4.74 Å². The van der Waals surface area contributed by atoms with Crippen LogP contribution in [-0.2, 0) is 11.3 Å². The molecule has 1 aliphatic heterocycles. The molecule has 0 aromatic heterocycles. The molecule has 0 unspecified atom stereocenters. The van der Waals surface area contributed by atoms with Crippen LogP contribution in [0.1, 0.15) is 30.5 Å². The zero-order valence-electron chi connectivity index (χ0n) is 14.2. The Morgan fingerprint density at radius 3 is 2.46 bits per heavy atom. The molecular weight excluding hydrogens is 294 g/mol. The molecule has 0 spiro atoms. The van der Waals surface area contributed by atoms with Gasteiger partial charge in [-0.3, -0.25) is 4.90 Å². The SMILES string of the molecule is C[C@H](c1ccccc1)N1[C@@H]2C=C[C@@H](C2)[C@H]1COCc1ccccc1. The number of benzene rings is 2. The van der Waals surface area contributed by atoms with Crippen LogP contribution >= 0.6 is 0 Å². The third-order valence-corrected chi connectivity index (χ3v) is 5.48. The first-order valence-electron chi connectivity index (χ1n) is 8.95. The molecule has 124 valence electrons. The summed E-state index contributed by atoms with van der Waals surface area (Å²) in [6.45, 7) is 3.83. The molecule has 0 N–H and O–H groups in total. The van der Waals surface area contributed by atoms with Crippen molar-refractivity contribution in [2.45, 2.75) is 38.1 Å². The summed E-state index contributed by atoms with van der Waals surface area (Å²) in [6, 6.07) is 22.8. The Labute approximate surface area is 144 Å². The van der Waals surface area contributed by atoms with Gasteiger partial charge in [0.15, 0.2) is 0 Å². The predicted octanol–water partition coefficient (Wildman–Crippen LogP) is 4.59. The molecule has 2 bridgehead atoms. The lowest BCUT2D eigenvalue weighted by atomic mass is 9.99. The minimum atomic E-state index is 0.427. The average molecular weight is 319 g/mol. The Bertz CT molecular complexity index is 682. The molecule has 1 heterocycles. The van der Waals surface area contributed by atoms with E-state index in [4.69, 9.17) is 4.74 Å². The van der Waals surface area contributed by atoms with Crippen molar-refractivity contribution in [1.29, 1.82) is 0 Å².